The molecular formula is C14H19BrClF3N2O. The number of nitrogens with one attached hydrogen (secondary N) is 1. The maximum atomic E-state index is 12.6. The van der Waals surface area contributed by atoms with Crippen LogP contribution in [0.2, 0.25) is 0 Å². The minimum atomic E-state index is -4.19. The van der Waals surface area contributed by atoms with Crippen LogP contribution < -0.4 is 5.32 Å². The molecule has 0 bridgehead atoms. The first-order valence-electron chi connectivity index (χ1n) is 6.87. The van der Waals surface area contributed by atoms with Crippen LogP contribution in [0.5, 0.6) is 5.75 Å². The predicted octanol–water partition coefficient (Wildman–Crippen LogP) is 3.87. The molecular weight excluding hydrogens is 385 g/mol. The van der Waals surface area contributed by atoms with E-state index in [9.17, 15) is 18.3 Å². The molecule has 1 atom stereocenters. The van der Waals surface area contributed by atoms with Gasteiger partial charge in [0.1, 0.15) is 5.75 Å². The SMILES string of the molecule is Cl.Oc1c(Br)cccc1[C@H](CCC(F)(F)F)N1CCNCC1. The molecule has 3 nitrogen and oxygen atoms in total. The quantitative estimate of drug-likeness (QED) is 0.801. The lowest BCUT2D eigenvalue weighted by Crippen LogP contribution is -2.45. The zero-order valence-corrected chi connectivity index (χ0v) is 14.3. The number of halogens is 5. The highest BCUT2D eigenvalue weighted by Crippen LogP contribution is 2.38. The third kappa shape index (κ3) is 5.30. The van der Waals surface area contributed by atoms with Gasteiger partial charge in [-0.25, -0.2) is 0 Å². The molecule has 1 saturated heterocycles. The number of nitrogens with zero attached hydrogens (tertiary/aromatic N) is 1. The van der Waals surface area contributed by atoms with Gasteiger partial charge in [0.25, 0.3) is 0 Å². The summed E-state index contributed by atoms with van der Waals surface area (Å²) in [5.74, 6) is 0.0307. The van der Waals surface area contributed by atoms with Gasteiger partial charge >= 0.3 is 6.18 Å². The second-order valence-electron chi connectivity index (χ2n) is 5.13. The van der Waals surface area contributed by atoms with Crippen LogP contribution in [0.1, 0.15) is 24.4 Å². The van der Waals surface area contributed by atoms with Crippen molar-refractivity contribution in [2.75, 3.05) is 26.2 Å². The van der Waals surface area contributed by atoms with Gasteiger partial charge in [0.05, 0.1) is 4.47 Å². The first-order valence-corrected chi connectivity index (χ1v) is 7.66. The second-order valence-corrected chi connectivity index (χ2v) is 5.99. The fraction of sp³-hybridized carbons (Fsp3) is 0.571. The topological polar surface area (TPSA) is 35.5 Å². The number of piperazine rings is 1. The first kappa shape index (κ1) is 19.5. The fourth-order valence-electron chi connectivity index (χ4n) is 2.63. The highest BCUT2D eigenvalue weighted by molar-refractivity contribution is 9.10. The molecule has 0 saturated carbocycles. The summed E-state index contributed by atoms with van der Waals surface area (Å²) >= 11 is 3.23. The highest BCUT2D eigenvalue weighted by Gasteiger charge is 2.32. The molecule has 1 fully saturated rings. The molecule has 0 radical (unpaired) electrons. The third-order valence-electron chi connectivity index (χ3n) is 3.67. The van der Waals surface area contributed by atoms with E-state index in [4.69, 9.17) is 0 Å². The molecule has 2 rings (SSSR count). The van der Waals surface area contributed by atoms with Crippen molar-refractivity contribution < 1.29 is 18.3 Å². The smallest absolute Gasteiger partial charge is 0.389 e. The maximum Gasteiger partial charge on any atom is 0.389 e. The van der Waals surface area contributed by atoms with Crippen molar-refractivity contribution in [1.29, 1.82) is 0 Å². The Labute approximate surface area is 142 Å². The van der Waals surface area contributed by atoms with Gasteiger partial charge in [-0.05, 0) is 28.4 Å². The number of para-hydroxylation sites is 1. The molecule has 126 valence electrons. The summed E-state index contributed by atoms with van der Waals surface area (Å²) in [6.07, 6.45) is -5.09. The summed E-state index contributed by atoms with van der Waals surface area (Å²) in [6, 6.07) is 4.69. The Morgan fingerprint density at radius 2 is 1.91 bits per heavy atom. The number of phenolic OH excluding ortho intramolecular Hbond substituents is 1. The molecule has 1 aromatic rings. The fourth-order valence-corrected chi connectivity index (χ4v) is 3.01. The Bertz CT molecular complexity index is 482. The largest absolute Gasteiger partial charge is 0.506 e. The molecule has 0 aromatic heterocycles. The van der Waals surface area contributed by atoms with E-state index in [-0.39, 0.29) is 24.6 Å². The molecule has 22 heavy (non-hydrogen) atoms. The molecule has 0 amide bonds. The van der Waals surface area contributed by atoms with E-state index in [0.717, 1.165) is 13.1 Å². The van der Waals surface area contributed by atoms with Gasteiger partial charge in [-0.15, -0.1) is 12.4 Å². The molecule has 2 N–H and O–H groups in total. The number of alkyl halides is 3. The van der Waals surface area contributed by atoms with E-state index in [2.05, 4.69) is 21.2 Å². The average Bonchev–Trinajstić information content (AvgIpc) is 2.43. The Morgan fingerprint density at radius 1 is 1.27 bits per heavy atom. The van der Waals surface area contributed by atoms with Crippen molar-refractivity contribution in [2.24, 2.45) is 0 Å². The first-order chi connectivity index (χ1) is 9.88. The average molecular weight is 404 g/mol. The summed E-state index contributed by atoms with van der Waals surface area (Å²) in [4.78, 5) is 2.00. The summed E-state index contributed by atoms with van der Waals surface area (Å²) in [6.45, 7) is 2.84. The Balaban J connectivity index is 0.00000242. The van der Waals surface area contributed by atoms with Gasteiger partial charge in [0, 0.05) is 44.2 Å². The standard InChI is InChI=1S/C14H18BrF3N2O.ClH/c15-11-3-1-2-10(13(11)21)12(4-5-14(16,17)18)20-8-6-19-7-9-20;/h1-3,12,19,21H,4-9H2;1H/t12-;/m0./s1. The summed E-state index contributed by atoms with van der Waals surface area (Å²) < 4.78 is 38.2. The zero-order chi connectivity index (χ0) is 15.5. The van der Waals surface area contributed by atoms with Crippen LogP contribution in [0, 0.1) is 0 Å². The zero-order valence-electron chi connectivity index (χ0n) is 11.9. The summed E-state index contributed by atoms with van der Waals surface area (Å²) in [5, 5.41) is 13.3. The van der Waals surface area contributed by atoms with Crippen molar-refractivity contribution in [3.63, 3.8) is 0 Å². The number of aromatic hydroxyl groups is 1. The monoisotopic (exact) mass is 402 g/mol. The lowest BCUT2D eigenvalue weighted by Gasteiger charge is -2.35. The predicted molar refractivity (Wildman–Crippen MR) is 85.5 cm³/mol. The highest BCUT2D eigenvalue weighted by atomic mass is 79.9. The Hall–Kier alpha value is -0.500. The van der Waals surface area contributed by atoms with Gasteiger partial charge in [0.15, 0.2) is 0 Å². The van der Waals surface area contributed by atoms with Gasteiger partial charge in [-0.2, -0.15) is 13.2 Å². The molecule has 1 aliphatic rings. The third-order valence-corrected chi connectivity index (χ3v) is 4.31. The minimum absolute atomic E-state index is 0. The van der Waals surface area contributed by atoms with Crippen molar-refractivity contribution in [1.82, 2.24) is 10.2 Å². The lowest BCUT2D eigenvalue weighted by atomic mass is 9.98. The van der Waals surface area contributed by atoms with Gasteiger partial charge in [0.2, 0.25) is 0 Å². The van der Waals surface area contributed by atoms with Gasteiger partial charge in [-0.3, -0.25) is 4.90 Å². The molecule has 1 aliphatic heterocycles. The molecule has 8 heteroatoms. The number of phenols is 1. The summed E-state index contributed by atoms with van der Waals surface area (Å²) in [5.41, 5.74) is 0.551. The minimum Gasteiger partial charge on any atom is -0.506 e. The van der Waals surface area contributed by atoms with Crippen molar-refractivity contribution >= 4 is 28.3 Å². The van der Waals surface area contributed by atoms with Crippen molar-refractivity contribution in [3.8, 4) is 5.75 Å². The molecule has 0 unspecified atom stereocenters. The normalized spacial score (nSPS) is 17.8. The summed E-state index contributed by atoms with van der Waals surface area (Å²) in [7, 11) is 0. The number of hydrogen-bond acceptors (Lipinski definition) is 3. The van der Waals surface area contributed by atoms with Crippen LogP contribution in [0.15, 0.2) is 22.7 Å². The van der Waals surface area contributed by atoms with E-state index in [1.54, 1.807) is 18.2 Å². The number of hydrogen-bond donors (Lipinski definition) is 2. The molecule has 0 spiro atoms. The van der Waals surface area contributed by atoms with Crippen LogP contribution in [-0.2, 0) is 0 Å². The van der Waals surface area contributed by atoms with Crippen LogP contribution in [0.3, 0.4) is 0 Å². The van der Waals surface area contributed by atoms with Crippen LogP contribution in [-0.4, -0.2) is 42.4 Å². The molecule has 1 heterocycles. The van der Waals surface area contributed by atoms with E-state index in [1.807, 2.05) is 4.90 Å². The maximum absolute atomic E-state index is 12.6. The van der Waals surface area contributed by atoms with Gasteiger partial charge < -0.3 is 10.4 Å². The Morgan fingerprint density at radius 3 is 2.50 bits per heavy atom. The van der Waals surface area contributed by atoms with E-state index < -0.39 is 18.6 Å². The van der Waals surface area contributed by atoms with E-state index >= 15 is 0 Å². The van der Waals surface area contributed by atoms with Crippen LogP contribution in [0.4, 0.5) is 13.2 Å². The van der Waals surface area contributed by atoms with E-state index in [1.165, 1.54) is 0 Å². The molecule has 0 aliphatic carbocycles. The lowest BCUT2D eigenvalue weighted by molar-refractivity contribution is -0.138. The second kappa shape index (κ2) is 8.38. The van der Waals surface area contributed by atoms with Crippen molar-refractivity contribution in [3.05, 3.63) is 28.2 Å². The van der Waals surface area contributed by atoms with Crippen molar-refractivity contribution in [2.45, 2.75) is 25.1 Å². The van der Waals surface area contributed by atoms with Gasteiger partial charge in [-0.1, -0.05) is 12.1 Å². The van der Waals surface area contributed by atoms with Crippen LogP contribution in [0.25, 0.3) is 0 Å². The number of benzene rings is 1. The molecule has 1 aromatic carbocycles. The van der Waals surface area contributed by atoms with Crippen LogP contribution >= 0.6 is 28.3 Å². The van der Waals surface area contributed by atoms with E-state index in [0.29, 0.717) is 23.1 Å². The Kier molecular flexibility index (Phi) is 7.45. The number of rotatable bonds is 4.